The molecule has 0 unspecified atom stereocenters. The van der Waals surface area contributed by atoms with Crippen molar-refractivity contribution in [2.24, 2.45) is 0 Å². The second-order valence-corrected chi connectivity index (χ2v) is 37.6. The molecule has 0 amide bonds. The van der Waals surface area contributed by atoms with Crippen molar-refractivity contribution in [3.05, 3.63) is 360 Å². The van der Waals surface area contributed by atoms with Gasteiger partial charge in [0.15, 0.2) is 0 Å². The molecule has 0 saturated heterocycles. The summed E-state index contributed by atoms with van der Waals surface area (Å²) in [7, 11) is 0. The zero-order valence-corrected chi connectivity index (χ0v) is 71.0. The van der Waals surface area contributed by atoms with Gasteiger partial charge in [0.2, 0.25) is 0 Å². The van der Waals surface area contributed by atoms with Gasteiger partial charge in [0.1, 0.15) is 40.1 Å². The van der Waals surface area contributed by atoms with Crippen molar-refractivity contribution in [2.45, 2.75) is 0 Å². The van der Waals surface area contributed by atoms with Gasteiger partial charge in [0.05, 0.1) is 0 Å². The molecule has 8 aromatic heterocycles. The number of thiazole rings is 8. The Morgan fingerprint density at radius 2 is 0.295 bits per heavy atom. The van der Waals surface area contributed by atoms with Gasteiger partial charge in [0.25, 0.3) is 0 Å². The van der Waals surface area contributed by atoms with E-state index in [-0.39, 0.29) is 0 Å². The maximum Gasteiger partial charge on any atom is 0.123 e. The molecule has 0 aliphatic heterocycles. The quantitative estimate of drug-likeness (QED) is 0.109. The molecule has 0 radical (unpaired) electrons. The van der Waals surface area contributed by atoms with Gasteiger partial charge in [-0.1, -0.05) is 146 Å². The van der Waals surface area contributed by atoms with Crippen LogP contribution in [0.1, 0.15) is 0 Å². The fourth-order valence-corrected chi connectivity index (χ4v) is 22.6. The lowest BCUT2D eigenvalue weighted by molar-refractivity contribution is 1.42. The Hall–Kier alpha value is -13.6. The second-order valence-electron chi connectivity index (χ2n) is 30.4. The van der Waals surface area contributed by atoms with Crippen LogP contribution in [0.5, 0.6) is 0 Å². The fraction of sp³-hybridized carbons (Fsp3) is 0. The zero-order valence-electron chi connectivity index (χ0n) is 64.5. The van der Waals surface area contributed by atoms with Crippen molar-refractivity contribution in [1.82, 2.24) is 39.9 Å². The largest absolute Gasteiger partial charge is 0.245 e. The van der Waals surface area contributed by atoms with Gasteiger partial charge in [-0.05, 0) is 283 Å². The van der Waals surface area contributed by atoms with Gasteiger partial charge in [0, 0.05) is 137 Å². The Balaban J connectivity index is 0.0000000922. The molecule has 0 fully saturated rings. The van der Waals surface area contributed by atoms with Crippen LogP contribution in [-0.4, -0.2) is 39.9 Å². The highest BCUT2D eigenvalue weighted by molar-refractivity contribution is 7.15. The van der Waals surface area contributed by atoms with E-state index in [2.05, 4.69) is 307 Å². The average molecular weight is 1700 g/mol. The highest BCUT2D eigenvalue weighted by atomic mass is 32.1. The van der Waals surface area contributed by atoms with Gasteiger partial charge >= 0.3 is 0 Å². The smallest absolute Gasteiger partial charge is 0.123 e. The molecule has 16 heteroatoms. The molecule has 0 spiro atoms. The molecule has 19 aromatic carbocycles. The fourth-order valence-electron chi connectivity index (χ4n) is 17.6. The van der Waals surface area contributed by atoms with E-state index in [1.54, 1.807) is 90.7 Å². The van der Waals surface area contributed by atoms with Gasteiger partial charge in [-0.3, -0.25) is 0 Å². The van der Waals surface area contributed by atoms with Crippen molar-refractivity contribution in [3.63, 3.8) is 0 Å². The first-order valence-corrected chi connectivity index (χ1v) is 46.8. The van der Waals surface area contributed by atoms with E-state index in [1.807, 2.05) is 92.6 Å². The molecule has 0 N–H and O–H groups in total. The van der Waals surface area contributed by atoms with Crippen LogP contribution in [0.15, 0.2) is 360 Å². The minimum atomic E-state index is 1.06. The molecule has 0 bridgehead atoms. The summed E-state index contributed by atoms with van der Waals surface area (Å²) in [6.07, 6.45) is 14.9. The summed E-state index contributed by atoms with van der Waals surface area (Å²) in [5.74, 6) is 0. The molecule has 8 nitrogen and oxygen atoms in total. The lowest BCUT2D eigenvalue weighted by atomic mass is 9.92. The molecule has 0 saturated carbocycles. The minimum absolute atomic E-state index is 1.06. The number of benzene rings is 19. The third-order valence-corrected chi connectivity index (χ3v) is 29.8. The van der Waals surface area contributed by atoms with E-state index < -0.39 is 0 Å². The van der Waals surface area contributed by atoms with Crippen LogP contribution in [0.3, 0.4) is 0 Å². The molecule has 122 heavy (non-hydrogen) atoms. The van der Waals surface area contributed by atoms with Crippen molar-refractivity contribution in [3.8, 4) is 84.6 Å². The third kappa shape index (κ3) is 13.3. The lowest BCUT2D eigenvalue weighted by Crippen LogP contribution is -1.87. The summed E-state index contributed by atoms with van der Waals surface area (Å²) in [4.78, 5) is 35.7. The normalized spacial score (nSPS) is 11.8. The first-order chi connectivity index (χ1) is 60.3. The molecule has 0 aliphatic rings. The summed E-state index contributed by atoms with van der Waals surface area (Å²) in [5, 5.41) is 62.9. The van der Waals surface area contributed by atoms with Crippen LogP contribution in [0.2, 0.25) is 0 Å². The number of hydrogen-bond donors (Lipinski definition) is 0. The highest BCUT2D eigenvalue weighted by Gasteiger charge is 2.18. The number of nitrogens with zero attached hydrogens (tertiary/aromatic N) is 8. The first kappa shape index (κ1) is 72.4. The van der Waals surface area contributed by atoms with Crippen molar-refractivity contribution >= 4 is 252 Å². The summed E-state index contributed by atoms with van der Waals surface area (Å²) in [5.41, 5.74) is 9.43. The highest BCUT2D eigenvalue weighted by Crippen LogP contribution is 2.44. The van der Waals surface area contributed by atoms with E-state index in [0.717, 1.165) is 40.1 Å². The first-order valence-electron chi connectivity index (χ1n) is 39.8. The van der Waals surface area contributed by atoms with E-state index in [9.17, 15) is 0 Å². The summed E-state index contributed by atoms with van der Waals surface area (Å²) < 4.78 is 0. The Kier molecular flexibility index (Phi) is 18.0. The maximum atomic E-state index is 4.48. The number of aromatic nitrogens is 8. The Morgan fingerprint density at radius 3 is 0.574 bits per heavy atom. The van der Waals surface area contributed by atoms with Crippen LogP contribution < -0.4 is 0 Å². The molecule has 27 rings (SSSR count). The Morgan fingerprint density at radius 1 is 0.123 bits per heavy atom. The predicted molar refractivity (Wildman–Crippen MR) is 528 cm³/mol. The van der Waals surface area contributed by atoms with Crippen LogP contribution in [-0.2, 0) is 0 Å². The molecular formula is C106H60N8S8. The molecule has 0 aliphatic carbocycles. The molecule has 0 atom stereocenters. The molecule has 572 valence electrons. The standard InChI is InChI=1S/3C28H16N2S2.C22H12N2S2/c1-7-25-23(21-5-3-19(15-17(1)21)27-29-11-13-31-27)9-10-24-22-6-4-20(28-30-12-14-32-28)16-18(22)2-8-26(24)25;1-5-21(27-29-7-9-31-27)13-23-11-19-3-4-20-12-24-14-22(28-30-8-10-32-28)6-2-18(24)16-26(20)25(19)15-17(1)23;1-3-19(27-29-5-7-31-27)11-21-13-25-16-24-10-18-2-4-20(28-30-6-8-32-28)12-22(18)14-26(24)15-23(25)9-17(1)21;1-2-14-10-18(22-24-6-8-26-22)12-16-4-3-15-11-17(21-23-5-7-25-21)9-13(1)19(15)20(14)16/h3*1-16H;1-12H. The van der Waals surface area contributed by atoms with Gasteiger partial charge in [-0.2, -0.15) is 0 Å². The van der Waals surface area contributed by atoms with Crippen LogP contribution in [0, 0.1) is 0 Å². The summed E-state index contributed by atoms with van der Waals surface area (Å²) >= 11 is 13.4. The van der Waals surface area contributed by atoms with Crippen molar-refractivity contribution < 1.29 is 0 Å². The maximum absolute atomic E-state index is 4.48. The monoisotopic (exact) mass is 1700 g/mol. The SMILES string of the molecule is c1csc(-c2cc3ccc4cc(-c5nccs5)cc5ccc(c2)c3c45)n1.c1csc(-c2ccc3c(ccc4c3ccc3c5ccc(-c6nccs6)cc5ccc34)c2)n1.c1csc(-c2ccc3cc4c(ccc5cc6cc(-c7nccs7)ccc6cc54)cc3c2)n1.c1csc(-c2ccc3cc4cc5cc6cc(-c7nccs7)ccc6cc5cc4cc3c2)n1. The summed E-state index contributed by atoms with van der Waals surface area (Å²) in [6, 6.07) is 98.9. The number of fused-ring (bicyclic) bond motifs is 16. The van der Waals surface area contributed by atoms with E-state index in [4.69, 9.17) is 0 Å². The van der Waals surface area contributed by atoms with Crippen molar-refractivity contribution in [1.29, 1.82) is 0 Å². The third-order valence-electron chi connectivity index (χ3n) is 23.3. The number of hydrogen-bond acceptors (Lipinski definition) is 16. The number of rotatable bonds is 8. The van der Waals surface area contributed by atoms with Crippen LogP contribution >= 0.6 is 90.7 Å². The lowest BCUT2D eigenvalue weighted by Gasteiger charge is -2.13. The van der Waals surface area contributed by atoms with Crippen molar-refractivity contribution in [2.75, 3.05) is 0 Å². The second kappa shape index (κ2) is 30.3. The van der Waals surface area contributed by atoms with Crippen LogP contribution in [0.25, 0.3) is 246 Å². The Labute approximate surface area is 729 Å². The predicted octanol–water partition coefficient (Wildman–Crippen LogP) is 32.5. The zero-order chi connectivity index (χ0) is 80.3. The van der Waals surface area contributed by atoms with Gasteiger partial charge in [-0.25, -0.2) is 39.9 Å². The average Bonchev–Trinajstić information content (AvgIpc) is 1.00. The Bertz CT molecular complexity index is 7900. The van der Waals surface area contributed by atoms with E-state index in [0.29, 0.717) is 0 Å². The molecule has 8 heterocycles. The molecule has 27 aromatic rings. The molecular weight excluding hydrogens is 1640 g/mol. The topological polar surface area (TPSA) is 103 Å². The van der Waals surface area contributed by atoms with Crippen LogP contribution in [0.4, 0.5) is 0 Å². The van der Waals surface area contributed by atoms with Gasteiger partial charge < -0.3 is 0 Å². The van der Waals surface area contributed by atoms with Gasteiger partial charge in [-0.15, -0.1) is 90.7 Å². The van der Waals surface area contributed by atoms with E-state index in [1.165, 1.54) is 206 Å². The van der Waals surface area contributed by atoms with E-state index >= 15 is 0 Å². The minimum Gasteiger partial charge on any atom is -0.245 e. The summed E-state index contributed by atoms with van der Waals surface area (Å²) in [6.45, 7) is 0.